The van der Waals surface area contributed by atoms with Crippen molar-refractivity contribution in [1.82, 2.24) is 20.1 Å². The maximum Gasteiger partial charge on any atom is 0.247 e. The highest BCUT2D eigenvalue weighted by Crippen LogP contribution is 2.23. The van der Waals surface area contributed by atoms with E-state index in [0.29, 0.717) is 12.4 Å². The molecule has 6 nitrogen and oxygen atoms in total. The highest BCUT2D eigenvalue weighted by molar-refractivity contribution is 5.95. The number of nitrogens with one attached hydrogen (secondary N) is 2. The van der Waals surface area contributed by atoms with Crippen LogP contribution in [0.1, 0.15) is 41.3 Å². The van der Waals surface area contributed by atoms with Crippen LogP contribution in [0.25, 0.3) is 11.1 Å². The van der Waals surface area contributed by atoms with E-state index in [4.69, 9.17) is 0 Å². The third kappa shape index (κ3) is 5.58. The predicted molar refractivity (Wildman–Crippen MR) is 137 cm³/mol. The topological polar surface area (TPSA) is 71.8 Å². The Morgan fingerprint density at radius 1 is 0.971 bits per heavy atom. The van der Waals surface area contributed by atoms with Gasteiger partial charge in [-0.25, -0.2) is 4.98 Å². The average Bonchev–Trinajstić information content (AvgIpc) is 3.18. The average molecular weight is 454 g/mol. The molecule has 2 atom stereocenters. The van der Waals surface area contributed by atoms with Gasteiger partial charge in [0.05, 0.1) is 5.69 Å². The van der Waals surface area contributed by atoms with Crippen molar-refractivity contribution in [2.24, 2.45) is 7.05 Å². The Hall–Kier alpha value is -3.77. The molecule has 0 aliphatic rings. The van der Waals surface area contributed by atoms with Crippen LogP contribution >= 0.6 is 0 Å². The molecule has 0 aliphatic heterocycles. The summed E-state index contributed by atoms with van der Waals surface area (Å²) in [6.07, 6.45) is 3.74. The zero-order chi connectivity index (χ0) is 24.1. The molecule has 0 saturated heterocycles. The maximum absolute atomic E-state index is 13.3. The highest BCUT2D eigenvalue weighted by Gasteiger charge is 2.22. The smallest absolute Gasteiger partial charge is 0.247 e. The van der Waals surface area contributed by atoms with Gasteiger partial charge in [0, 0.05) is 37.1 Å². The van der Waals surface area contributed by atoms with E-state index in [9.17, 15) is 4.79 Å². The lowest BCUT2D eigenvalue weighted by atomic mass is 9.98. The molecule has 0 aliphatic carbocycles. The normalized spacial score (nSPS) is 12.8. The van der Waals surface area contributed by atoms with Crippen LogP contribution in [-0.4, -0.2) is 27.2 Å². The number of aryl methyl sites for hydroxylation is 3. The van der Waals surface area contributed by atoms with E-state index in [2.05, 4.69) is 58.8 Å². The summed E-state index contributed by atoms with van der Waals surface area (Å²) in [7, 11) is 1.90. The molecular formula is C28H31N5O. The van der Waals surface area contributed by atoms with E-state index in [-0.39, 0.29) is 11.8 Å². The number of benzene rings is 2. The van der Waals surface area contributed by atoms with E-state index in [0.717, 1.165) is 22.4 Å². The Bertz CT molecular complexity index is 1230. The second-order valence-electron chi connectivity index (χ2n) is 8.79. The van der Waals surface area contributed by atoms with E-state index in [1.165, 1.54) is 11.1 Å². The number of nitrogens with zero attached hydrogens (tertiary/aromatic N) is 3. The number of carbonyl (C=O) groups is 1. The van der Waals surface area contributed by atoms with Gasteiger partial charge < -0.3 is 10.6 Å². The van der Waals surface area contributed by atoms with Gasteiger partial charge in [-0.2, -0.15) is 5.10 Å². The van der Waals surface area contributed by atoms with Crippen molar-refractivity contribution in [2.45, 2.75) is 32.7 Å². The van der Waals surface area contributed by atoms with E-state index in [1.807, 2.05) is 62.6 Å². The molecule has 0 bridgehead atoms. The van der Waals surface area contributed by atoms with Gasteiger partial charge in [0.25, 0.3) is 0 Å². The fraction of sp³-hybridized carbons (Fsp3) is 0.250. The van der Waals surface area contributed by atoms with Crippen molar-refractivity contribution in [3.05, 3.63) is 102 Å². The van der Waals surface area contributed by atoms with Gasteiger partial charge >= 0.3 is 0 Å². The molecule has 2 N–H and O–H groups in total. The molecule has 0 radical (unpaired) electrons. The molecule has 174 valence electrons. The second-order valence-corrected chi connectivity index (χ2v) is 8.79. The highest BCUT2D eigenvalue weighted by atomic mass is 16.2. The molecule has 2 aromatic carbocycles. The fourth-order valence-electron chi connectivity index (χ4n) is 4.02. The monoisotopic (exact) mass is 453 g/mol. The van der Waals surface area contributed by atoms with Crippen LogP contribution < -0.4 is 10.6 Å². The number of hydrogen-bond acceptors (Lipinski definition) is 4. The molecule has 4 rings (SSSR count). The third-order valence-corrected chi connectivity index (χ3v) is 6.01. The summed E-state index contributed by atoms with van der Waals surface area (Å²) in [6.45, 7) is 6.89. The SMILES string of the molecule is Cc1ccc([C@H](C)CN[C@@H](C(=O)Nc2ccc(-c3cn(C)nc3C)cn2)c2ccccc2)cc1. The third-order valence-electron chi connectivity index (χ3n) is 6.01. The van der Waals surface area contributed by atoms with E-state index >= 15 is 0 Å². The molecule has 34 heavy (non-hydrogen) atoms. The molecule has 1 amide bonds. The van der Waals surface area contributed by atoms with Crippen LogP contribution in [0.5, 0.6) is 0 Å². The quantitative estimate of drug-likeness (QED) is 0.386. The zero-order valence-corrected chi connectivity index (χ0v) is 20.1. The first kappa shape index (κ1) is 23.4. The minimum absolute atomic E-state index is 0.139. The molecule has 2 heterocycles. The molecule has 4 aromatic rings. The van der Waals surface area contributed by atoms with Gasteiger partial charge in [0.2, 0.25) is 5.91 Å². The fourth-order valence-corrected chi connectivity index (χ4v) is 4.02. The summed E-state index contributed by atoms with van der Waals surface area (Å²) in [4.78, 5) is 17.8. The zero-order valence-electron chi connectivity index (χ0n) is 20.1. The standard InChI is InChI=1S/C28H31N5O/c1-19-10-12-22(13-11-19)20(2)16-30-27(23-8-6-5-7-9-23)28(34)31-26-15-14-24(17-29-26)25-18-33(4)32-21(25)3/h5-15,17-18,20,27,30H,16H2,1-4H3,(H,29,31,34)/t20-,27-/m1/s1. The summed E-state index contributed by atoms with van der Waals surface area (Å²) >= 11 is 0. The minimum atomic E-state index is -0.490. The predicted octanol–water partition coefficient (Wildman–Crippen LogP) is 5.17. The van der Waals surface area contributed by atoms with Gasteiger partial charge in [-0.15, -0.1) is 0 Å². The summed E-state index contributed by atoms with van der Waals surface area (Å²) in [5.74, 6) is 0.643. The Morgan fingerprint density at radius 3 is 2.32 bits per heavy atom. The van der Waals surface area contributed by atoms with Gasteiger partial charge in [-0.3, -0.25) is 9.48 Å². The number of amides is 1. The minimum Gasteiger partial charge on any atom is -0.309 e. The molecule has 0 saturated carbocycles. The van der Waals surface area contributed by atoms with Crippen molar-refractivity contribution >= 4 is 11.7 Å². The van der Waals surface area contributed by atoms with Crippen LogP contribution in [-0.2, 0) is 11.8 Å². The van der Waals surface area contributed by atoms with Crippen LogP contribution in [0, 0.1) is 13.8 Å². The van der Waals surface area contributed by atoms with Crippen molar-refractivity contribution < 1.29 is 4.79 Å². The van der Waals surface area contributed by atoms with Gasteiger partial charge in [0.15, 0.2) is 0 Å². The van der Waals surface area contributed by atoms with Crippen molar-refractivity contribution in [3.8, 4) is 11.1 Å². The Morgan fingerprint density at radius 2 is 1.71 bits per heavy atom. The van der Waals surface area contributed by atoms with Crippen molar-refractivity contribution in [2.75, 3.05) is 11.9 Å². The second kappa shape index (κ2) is 10.4. The first-order valence-electron chi connectivity index (χ1n) is 11.5. The number of aromatic nitrogens is 3. The van der Waals surface area contributed by atoms with Gasteiger partial charge in [0.1, 0.15) is 11.9 Å². The lowest BCUT2D eigenvalue weighted by molar-refractivity contribution is -0.118. The molecular weight excluding hydrogens is 422 g/mol. The molecule has 2 aromatic heterocycles. The van der Waals surface area contributed by atoms with Gasteiger partial charge in [-0.05, 0) is 43.0 Å². The molecule has 0 unspecified atom stereocenters. The number of pyridine rings is 1. The summed E-state index contributed by atoms with van der Waals surface area (Å²) in [6, 6.07) is 21.6. The Kier molecular flexibility index (Phi) is 7.18. The Balaban J connectivity index is 1.47. The van der Waals surface area contributed by atoms with Crippen molar-refractivity contribution in [3.63, 3.8) is 0 Å². The van der Waals surface area contributed by atoms with Crippen LogP contribution in [0.3, 0.4) is 0 Å². The number of rotatable bonds is 8. The lowest BCUT2D eigenvalue weighted by Gasteiger charge is -2.21. The number of hydrogen-bond donors (Lipinski definition) is 2. The maximum atomic E-state index is 13.3. The molecule has 0 spiro atoms. The van der Waals surface area contributed by atoms with Crippen molar-refractivity contribution in [1.29, 1.82) is 0 Å². The molecule has 6 heteroatoms. The summed E-state index contributed by atoms with van der Waals surface area (Å²) in [5.41, 5.74) is 6.34. The van der Waals surface area contributed by atoms with E-state index < -0.39 is 6.04 Å². The van der Waals surface area contributed by atoms with Crippen LogP contribution in [0.2, 0.25) is 0 Å². The first-order valence-corrected chi connectivity index (χ1v) is 11.5. The van der Waals surface area contributed by atoms with Gasteiger partial charge in [-0.1, -0.05) is 67.1 Å². The number of carbonyl (C=O) groups excluding carboxylic acids is 1. The van der Waals surface area contributed by atoms with Crippen LogP contribution in [0.4, 0.5) is 5.82 Å². The van der Waals surface area contributed by atoms with Crippen LogP contribution in [0.15, 0.2) is 79.1 Å². The van der Waals surface area contributed by atoms with E-state index in [1.54, 1.807) is 10.9 Å². The number of anilines is 1. The lowest BCUT2D eigenvalue weighted by Crippen LogP contribution is -2.35. The first-order chi connectivity index (χ1) is 16.4. The Labute approximate surface area is 201 Å². The largest absolute Gasteiger partial charge is 0.309 e. The summed E-state index contributed by atoms with van der Waals surface area (Å²) < 4.78 is 1.79. The molecule has 0 fully saturated rings. The summed E-state index contributed by atoms with van der Waals surface area (Å²) in [5, 5.41) is 10.8.